The molecule has 3 N–H and O–H groups in total. The van der Waals surface area contributed by atoms with Gasteiger partial charge in [-0.1, -0.05) is 6.92 Å². The van der Waals surface area contributed by atoms with Crippen LogP contribution < -0.4 is 10.6 Å². The van der Waals surface area contributed by atoms with Gasteiger partial charge < -0.3 is 20.1 Å². The largest absolute Gasteiger partial charge is 0.393 e. The summed E-state index contributed by atoms with van der Waals surface area (Å²) in [5, 5.41) is 16.3. The molecule has 0 amide bonds. The standard InChI is InChI=1S/C15H23N5O/c1-2-5-16-13-10-20-7-6-17-15(20)14(19-13)18-9-11-3-4-12(21)8-11/h6-7,10-12,16,21H,2-5,8-9H2,1H3,(H,18,19). The maximum atomic E-state index is 9.61. The molecular formula is C15H23N5O. The molecule has 6 nitrogen and oxygen atoms in total. The fourth-order valence-corrected chi connectivity index (χ4v) is 2.86. The van der Waals surface area contributed by atoms with Crippen molar-refractivity contribution in [1.82, 2.24) is 14.4 Å². The molecular weight excluding hydrogens is 266 g/mol. The quantitative estimate of drug-likeness (QED) is 0.759. The third-order valence-electron chi connectivity index (χ3n) is 4.00. The van der Waals surface area contributed by atoms with Crippen molar-refractivity contribution in [3.05, 3.63) is 18.6 Å². The SMILES string of the molecule is CCCNc1cn2ccnc2c(NCC2CCC(O)C2)n1. The normalized spacial score (nSPS) is 21.8. The second kappa shape index (κ2) is 6.30. The van der Waals surface area contributed by atoms with Crippen LogP contribution in [0.5, 0.6) is 0 Å². The Bertz CT molecular complexity index is 597. The van der Waals surface area contributed by atoms with Crippen molar-refractivity contribution in [2.24, 2.45) is 5.92 Å². The zero-order valence-corrected chi connectivity index (χ0v) is 12.4. The van der Waals surface area contributed by atoms with Crippen LogP contribution in [0.4, 0.5) is 11.6 Å². The highest BCUT2D eigenvalue weighted by Gasteiger charge is 2.22. The molecule has 2 atom stereocenters. The Morgan fingerprint density at radius 1 is 1.38 bits per heavy atom. The minimum atomic E-state index is -0.131. The lowest BCUT2D eigenvalue weighted by Gasteiger charge is -2.13. The van der Waals surface area contributed by atoms with Crippen molar-refractivity contribution in [2.45, 2.75) is 38.7 Å². The zero-order chi connectivity index (χ0) is 14.7. The molecule has 2 aromatic heterocycles. The van der Waals surface area contributed by atoms with Gasteiger partial charge in [0.2, 0.25) is 0 Å². The van der Waals surface area contributed by atoms with E-state index in [0.29, 0.717) is 5.92 Å². The lowest BCUT2D eigenvalue weighted by molar-refractivity contribution is 0.178. The fraction of sp³-hybridized carbons (Fsp3) is 0.600. The molecule has 0 bridgehead atoms. The van der Waals surface area contributed by atoms with Crippen molar-refractivity contribution < 1.29 is 5.11 Å². The summed E-state index contributed by atoms with van der Waals surface area (Å²) in [6.45, 7) is 3.87. The van der Waals surface area contributed by atoms with E-state index in [9.17, 15) is 5.11 Å². The molecule has 21 heavy (non-hydrogen) atoms. The molecule has 0 radical (unpaired) electrons. The Morgan fingerprint density at radius 3 is 3.05 bits per heavy atom. The first-order valence-electron chi connectivity index (χ1n) is 7.75. The summed E-state index contributed by atoms with van der Waals surface area (Å²) in [5.41, 5.74) is 0.843. The van der Waals surface area contributed by atoms with Crippen LogP contribution in [-0.4, -0.2) is 38.7 Å². The second-order valence-electron chi connectivity index (χ2n) is 5.77. The molecule has 2 heterocycles. The fourth-order valence-electron chi connectivity index (χ4n) is 2.86. The molecule has 2 aromatic rings. The molecule has 1 aliphatic carbocycles. The third kappa shape index (κ3) is 3.26. The average molecular weight is 289 g/mol. The molecule has 0 aromatic carbocycles. The van der Waals surface area contributed by atoms with E-state index in [1.54, 1.807) is 6.20 Å². The Morgan fingerprint density at radius 2 is 2.29 bits per heavy atom. The summed E-state index contributed by atoms with van der Waals surface area (Å²) in [7, 11) is 0. The van der Waals surface area contributed by atoms with Gasteiger partial charge in [-0.3, -0.25) is 0 Å². The molecule has 1 saturated carbocycles. The molecule has 3 rings (SSSR count). The van der Waals surface area contributed by atoms with Gasteiger partial charge in [-0.15, -0.1) is 0 Å². The lowest BCUT2D eigenvalue weighted by atomic mass is 10.1. The highest BCUT2D eigenvalue weighted by atomic mass is 16.3. The van der Waals surface area contributed by atoms with Crippen molar-refractivity contribution >= 4 is 17.3 Å². The Kier molecular flexibility index (Phi) is 4.24. The summed E-state index contributed by atoms with van der Waals surface area (Å²) < 4.78 is 1.98. The van der Waals surface area contributed by atoms with Gasteiger partial charge in [0.1, 0.15) is 5.82 Å². The number of aliphatic hydroxyl groups excluding tert-OH is 1. The number of hydrogen-bond donors (Lipinski definition) is 3. The number of aromatic nitrogens is 3. The summed E-state index contributed by atoms with van der Waals surface area (Å²) in [6.07, 6.45) is 9.47. The highest BCUT2D eigenvalue weighted by molar-refractivity contribution is 5.65. The number of nitrogens with one attached hydrogen (secondary N) is 2. The van der Waals surface area contributed by atoms with E-state index in [1.807, 2.05) is 16.8 Å². The summed E-state index contributed by atoms with van der Waals surface area (Å²) in [6, 6.07) is 0. The minimum Gasteiger partial charge on any atom is -0.393 e. The molecule has 1 aliphatic rings. The topological polar surface area (TPSA) is 74.5 Å². The summed E-state index contributed by atoms with van der Waals surface area (Å²) in [4.78, 5) is 8.98. The lowest BCUT2D eigenvalue weighted by Crippen LogP contribution is -2.15. The molecule has 114 valence electrons. The van der Waals surface area contributed by atoms with Crippen molar-refractivity contribution in [3.63, 3.8) is 0 Å². The first-order valence-corrected chi connectivity index (χ1v) is 7.75. The predicted octanol–water partition coefficient (Wildman–Crippen LogP) is 2.12. The maximum absolute atomic E-state index is 9.61. The molecule has 0 aliphatic heterocycles. The van der Waals surface area contributed by atoms with Crippen LogP contribution in [0.1, 0.15) is 32.6 Å². The predicted molar refractivity (Wildman–Crippen MR) is 83.6 cm³/mol. The van der Waals surface area contributed by atoms with Gasteiger partial charge >= 0.3 is 0 Å². The molecule has 6 heteroatoms. The number of nitrogens with zero attached hydrogens (tertiary/aromatic N) is 3. The monoisotopic (exact) mass is 289 g/mol. The van der Waals surface area contributed by atoms with E-state index in [0.717, 1.165) is 56.1 Å². The van der Waals surface area contributed by atoms with Crippen LogP contribution >= 0.6 is 0 Å². The zero-order valence-electron chi connectivity index (χ0n) is 12.4. The molecule has 1 fully saturated rings. The number of imidazole rings is 1. The molecule has 0 spiro atoms. The van der Waals surface area contributed by atoms with Gasteiger partial charge in [-0.25, -0.2) is 9.97 Å². The first kappa shape index (κ1) is 14.1. The highest BCUT2D eigenvalue weighted by Crippen LogP contribution is 2.26. The van der Waals surface area contributed by atoms with Gasteiger partial charge in [-0.2, -0.15) is 0 Å². The van der Waals surface area contributed by atoms with Gasteiger partial charge in [0.05, 0.1) is 12.3 Å². The van der Waals surface area contributed by atoms with Crippen LogP contribution in [0.2, 0.25) is 0 Å². The van der Waals surface area contributed by atoms with Gasteiger partial charge in [0, 0.05) is 25.5 Å². The van der Waals surface area contributed by atoms with E-state index < -0.39 is 0 Å². The Hall–Kier alpha value is -1.82. The van der Waals surface area contributed by atoms with Gasteiger partial charge in [0.25, 0.3) is 0 Å². The van der Waals surface area contributed by atoms with E-state index in [1.165, 1.54) is 0 Å². The van der Waals surface area contributed by atoms with Crippen LogP contribution in [0, 0.1) is 5.92 Å². The van der Waals surface area contributed by atoms with E-state index in [2.05, 4.69) is 27.5 Å². The number of rotatable bonds is 6. The maximum Gasteiger partial charge on any atom is 0.180 e. The number of hydrogen-bond acceptors (Lipinski definition) is 5. The summed E-state index contributed by atoms with van der Waals surface area (Å²) in [5.74, 6) is 2.18. The smallest absolute Gasteiger partial charge is 0.180 e. The van der Waals surface area contributed by atoms with E-state index in [4.69, 9.17) is 0 Å². The average Bonchev–Trinajstić information content (AvgIpc) is 3.11. The van der Waals surface area contributed by atoms with E-state index >= 15 is 0 Å². The van der Waals surface area contributed by atoms with Gasteiger partial charge in [0.15, 0.2) is 11.5 Å². The van der Waals surface area contributed by atoms with Crippen LogP contribution in [0.3, 0.4) is 0 Å². The van der Waals surface area contributed by atoms with Gasteiger partial charge in [-0.05, 0) is 31.6 Å². The summed E-state index contributed by atoms with van der Waals surface area (Å²) >= 11 is 0. The Labute approximate surface area is 124 Å². The molecule has 2 unspecified atom stereocenters. The van der Waals surface area contributed by atoms with Crippen LogP contribution in [0.15, 0.2) is 18.6 Å². The number of fused-ring (bicyclic) bond motifs is 1. The van der Waals surface area contributed by atoms with Crippen LogP contribution in [0.25, 0.3) is 5.65 Å². The Balaban J connectivity index is 1.74. The second-order valence-corrected chi connectivity index (χ2v) is 5.77. The molecule has 0 saturated heterocycles. The number of aliphatic hydroxyl groups is 1. The van der Waals surface area contributed by atoms with Crippen molar-refractivity contribution in [1.29, 1.82) is 0 Å². The first-order chi connectivity index (χ1) is 10.3. The minimum absolute atomic E-state index is 0.131. The van der Waals surface area contributed by atoms with Crippen LogP contribution in [-0.2, 0) is 0 Å². The van der Waals surface area contributed by atoms with Crippen molar-refractivity contribution in [2.75, 3.05) is 23.7 Å². The third-order valence-corrected chi connectivity index (χ3v) is 4.00. The van der Waals surface area contributed by atoms with Crippen molar-refractivity contribution in [3.8, 4) is 0 Å². The number of anilines is 2. The van der Waals surface area contributed by atoms with E-state index in [-0.39, 0.29) is 6.10 Å².